The van der Waals surface area contributed by atoms with Gasteiger partial charge in [-0.05, 0) is 42.0 Å². The zero-order chi connectivity index (χ0) is 18.3. The van der Waals surface area contributed by atoms with Gasteiger partial charge >= 0.3 is 6.09 Å². The van der Waals surface area contributed by atoms with Gasteiger partial charge in [0.05, 0.1) is 12.7 Å². The number of para-hydroxylation sites is 1. The quantitative estimate of drug-likeness (QED) is 0.859. The van der Waals surface area contributed by atoms with Crippen molar-refractivity contribution in [1.29, 1.82) is 0 Å². The zero-order valence-electron chi connectivity index (χ0n) is 14.8. The molecule has 3 unspecified atom stereocenters. The van der Waals surface area contributed by atoms with Crippen LogP contribution in [0.1, 0.15) is 36.5 Å². The van der Waals surface area contributed by atoms with Gasteiger partial charge < -0.3 is 19.8 Å². The number of rotatable bonds is 2. The first-order valence-electron chi connectivity index (χ1n) is 9.06. The minimum absolute atomic E-state index is 0.170. The molecule has 26 heavy (non-hydrogen) atoms. The zero-order valence-corrected chi connectivity index (χ0v) is 14.8. The fourth-order valence-corrected chi connectivity index (χ4v) is 4.19. The van der Waals surface area contributed by atoms with Gasteiger partial charge in [0.2, 0.25) is 0 Å². The van der Waals surface area contributed by atoms with Crippen LogP contribution in [0.2, 0.25) is 0 Å². The molecular weight excluding hydrogens is 330 g/mol. The van der Waals surface area contributed by atoms with Gasteiger partial charge in [0.1, 0.15) is 5.75 Å². The molecule has 5 heteroatoms. The first kappa shape index (κ1) is 16.9. The van der Waals surface area contributed by atoms with Gasteiger partial charge in [-0.3, -0.25) is 0 Å². The summed E-state index contributed by atoms with van der Waals surface area (Å²) < 4.78 is 6.14. The summed E-state index contributed by atoms with van der Waals surface area (Å²) >= 11 is 0. The van der Waals surface area contributed by atoms with Gasteiger partial charge in [-0.15, -0.1) is 0 Å². The second kappa shape index (κ2) is 6.65. The van der Waals surface area contributed by atoms with E-state index in [-0.39, 0.29) is 5.92 Å². The van der Waals surface area contributed by atoms with Crippen molar-refractivity contribution in [1.82, 2.24) is 4.90 Å². The second-order valence-electron chi connectivity index (χ2n) is 7.22. The monoisotopic (exact) mass is 353 g/mol. The number of ether oxygens (including phenoxy) is 1. The van der Waals surface area contributed by atoms with Crippen molar-refractivity contribution in [2.75, 3.05) is 19.7 Å². The molecule has 3 atom stereocenters. The Hall–Kier alpha value is -2.53. The number of aliphatic hydroxyl groups is 1. The Kier molecular flexibility index (Phi) is 4.32. The third kappa shape index (κ3) is 2.92. The predicted octanol–water partition coefficient (Wildman–Crippen LogP) is 3.88. The highest BCUT2D eigenvalue weighted by Gasteiger charge is 2.39. The SMILES string of the molecule is CC(O)c1cccc(-c2cccc3c2OCCC2CN(C(=O)O)CC32)c1. The van der Waals surface area contributed by atoms with Gasteiger partial charge in [0.25, 0.3) is 0 Å². The summed E-state index contributed by atoms with van der Waals surface area (Å²) in [4.78, 5) is 12.9. The van der Waals surface area contributed by atoms with E-state index in [1.807, 2.05) is 36.4 Å². The molecule has 2 aromatic carbocycles. The molecule has 1 saturated heterocycles. The number of hydrogen-bond acceptors (Lipinski definition) is 3. The number of carboxylic acid groups (broad SMARTS) is 1. The van der Waals surface area contributed by atoms with Crippen molar-refractivity contribution in [3.63, 3.8) is 0 Å². The molecule has 0 bridgehead atoms. The Morgan fingerprint density at radius 1 is 1.23 bits per heavy atom. The van der Waals surface area contributed by atoms with Gasteiger partial charge in [-0.2, -0.15) is 0 Å². The first-order chi connectivity index (χ1) is 12.5. The molecule has 136 valence electrons. The van der Waals surface area contributed by atoms with Gasteiger partial charge in [0.15, 0.2) is 0 Å². The second-order valence-corrected chi connectivity index (χ2v) is 7.22. The Morgan fingerprint density at radius 3 is 2.81 bits per heavy atom. The van der Waals surface area contributed by atoms with Crippen molar-refractivity contribution < 1.29 is 19.7 Å². The van der Waals surface area contributed by atoms with Crippen LogP contribution in [-0.4, -0.2) is 40.9 Å². The fourth-order valence-electron chi connectivity index (χ4n) is 4.19. The molecule has 0 saturated carbocycles. The molecule has 2 heterocycles. The summed E-state index contributed by atoms with van der Waals surface area (Å²) in [5, 5.41) is 19.3. The van der Waals surface area contributed by atoms with E-state index in [0.717, 1.165) is 34.4 Å². The van der Waals surface area contributed by atoms with E-state index < -0.39 is 12.2 Å². The van der Waals surface area contributed by atoms with E-state index in [1.54, 1.807) is 6.92 Å². The molecule has 1 fully saturated rings. The average Bonchev–Trinajstić information content (AvgIpc) is 2.98. The molecule has 0 radical (unpaired) electrons. The van der Waals surface area contributed by atoms with Crippen LogP contribution < -0.4 is 4.74 Å². The lowest BCUT2D eigenvalue weighted by atomic mass is 9.85. The molecule has 4 rings (SSSR count). The third-order valence-electron chi connectivity index (χ3n) is 5.57. The van der Waals surface area contributed by atoms with Crippen LogP contribution in [0.4, 0.5) is 4.79 Å². The first-order valence-corrected chi connectivity index (χ1v) is 9.06. The van der Waals surface area contributed by atoms with Gasteiger partial charge in [0, 0.05) is 24.6 Å². The molecule has 0 spiro atoms. The van der Waals surface area contributed by atoms with E-state index in [1.165, 1.54) is 4.90 Å². The maximum absolute atomic E-state index is 11.4. The van der Waals surface area contributed by atoms with E-state index in [4.69, 9.17) is 4.74 Å². The molecule has 0 aliphatic carbocycles. The van der Waals surface area contributed by atoms with Crippen LogP contribution in [0.5, 0.6) is 5.75 Å². The Morgan fingerprint density at radius 2 is 2.04 bits per heavy atom. The number of likely N-dealkylation sites (tertiary alicyclic amines) is 1. The topological polar surface area (TPSA) is 70.0 Å². The number of nitrogens with zero attached hydrogens (tertiary/aromatic N) is 1. The van der Waals surface area contributed by atoms with Crippen molar-refractivity contribution in [2.24, 2.45) is 5.92 Å². The summed E-state index contributed by atoms with van der Waals surface area (Å²) in [6.45, 7) is 3.44. The van der Waals surface area contributed by atoms with Gasteiger partial charge in [-0.1, -0.05) is 36.4 Å². The largest absolute Gasteiger partial charge is 0.493 e. The number of aliphatic hydroxyl groups excluding tert-OH is 1. The number of amides is 1. The summed E-state index contributed by atoms with van der Waals surface area (Å²) in [6, 6.07) is 14.0. The standard InChI is InChI=1S/C21H23NO4/c1-13(23)14-4-2-5-15(10-14)17-6-3-7-18-19-12-22(21(24)25)11-16(19)8-9-26-20(17)18/h2-7,10,13,16,19,23H,8-9,11-12H2,1H3,(H,24,25). The van der Waals surface area contributed by atoms with Crippen molar-refractivity contribution >= 4 is 6.09 Å². The minimum Gasteiger partial charge on any atom is -0.493 e. The average molecular weight is 353 g/mol. The maximum Gasteiger partial charge on any atom is 0.407 e. The van der Waals surface area contributed by atoms with Crippen LogP contribution in [0.25, 0.3) is 11.1 Å². The van der Waals surface area contributed by atoms with Gasteiger partial charge in [-0.25, -0.2) is 4.79 Å². The summed E-state index contributed by atoms with van der Waals surface area (Å²) in [5.41, 5.74) is 3.96. The molecule has 0 aromatic heterocycles. The Balaban J connectivity index is 1.77. The maximum atomic E-state index is 11.4. The Bertz CT molecular complexity index is 833. The lowest BCUT2D eigenvalue weighted by molar-refractivity contribution is 0.152. The normalized spacial score (nSPS) is 22.8. The smallest absolute Gasteiger partial charge is 0.407 e. The van der Waals surface area contributed by atoms with Crippen LogP contribution in [-0.2, 0) is 0 Å². The third-order valence-corrected chi connectivity index (χ3v) is 5.57. The highest BCUT2D eigenvalue weighted by Crippen LogP contribution is 2.45. The number of hydrogen-bond donors (Lipinski definition) is 2. The molecule has 2 aliphatic rings. The molecule has 2 aliphatic heterocycles. The van der Waals surface area contributed by atoms with Crippen LogP contribution >= 0.6 is 0 Å². The Labute approximate surface area is 152 Å². The summed E-state index contributed by atoms with van der Waals surface area (Å²) in [7, 11) is 0. The van der Waals surface area contributed by atoms with E-state index in [9.17, 15) is 15.0 Å². The van der Waals surface area contributed by atoms with Crippen LogP contribution in [0.15, 0.2) is 42.5 Å². The van der Waals surface area contributed by atoms with E-state index in [2.05, 4.69) is 6.07 Å². The lowest BCUT2D eigenvalue weighted by Crippen LogP contribution is -2.27. The van der Waals surface area contributed by atoms with Crippen molar-refractivity contribution in [2.45, 2.75) is 25.4 Å². The van der Waals surface area contributed by atoms with E-state index >= 15 is 0 Å². The molecular formula is C21H23NO4. The number of fused-ring (bicyclic) bond motifs is 3. The molecule has 1 amide bonds. The van der Waals surface area contributed by atoms with Crippen LogP contribution in [0, 0.1) is 5.92 Å². The number of benzene rings is 2. The number of carbonyl (C=O) groups is 1. The van der Waals surface area contributed by atoms with Crippen molar-refractivity contribution in [3.05, 3.63) is 53.6 Å². The summed E-state index contributed by atoms with van der Waals surface area (Å²) in [5.74, 6) is 1.32. The highest BCUT2D eigenvalue weighted by molar-refractivity contribution is 5.74. The van der Waals surface area contributed by atoms with E-state index in [0.29, 0.717) is 25.6 Å². The van der Waals surface area contributed by atoms with Crippen LogP contribution in [0.3, 0.4) is 0 Å². The van der Waals surface area contributed by atoms with Crippen molar-refractivity contribution in [3.8, 4) is 16.9 Å². The molecule has 5 nitrogen and oxygen atoms in total. The predicted molar refractivity (Wildman–Crippen MR) is 98.5 cm³/mol. The molecule has 2 N–H and O–H groups in total. The minimum atomic E-state index is -0.846. The highest BCUT2D eigenvalue weighted by atomic mass is 16.5. The summed E-state index contributed by atoms with van der Waals surface area (Å²) in [6.07, 6.45) is -0.515. The lowest BCUT2D eigenvalue weighted by Gasteiger charge is -2.19. The fraction of sp³-hybridized carbons (Fsp3) is 0.381. The molecule has 2 aromatic rings.